The largest absolute Gasteiger partial charge is 0.495 e. The summed E-state index contributed by atoms with van der Waals surface area (Å²) >= 11 is 0. The van der Waals surface area contributed by atoms with Gasteiger partial charge in [0.15, 0.2) is 0 Å². The Morgan fingerprint density at radius 2 is 2.11 bits per heavy atom. The smallest absolute Gasteiger partial charge is 0.136 e. The van der Waals surface area contributed by atoms with Gasteiger partial charge in [0.05, 0.1) is 12.7 Å². The molecule has 2 rings (SSSR count). The van der Waals surface area contributed by atoms with Gasteiger partial charge < -0.3 is 4.74 Å². The second-order valence-electron chi connectivity index (χ2n) is 5.00. The molecule has 96 valence electrons. The lowest BCUT2D eigenvalue weighted by Gasteiger charge is -2.24. The first-order valence-electron chi connectivity index (χ1n) is 6.52. The number of rotatable bonds is 4. The fourth-order valence-corrected chi connectivity index (χ4v) is 2.69. The van der Waals surface area contributed by atoms with E-state index >= 15 is 0 Å². The number of ether oxygens (including phenoxy) is 1. The molecule has 0 N–H and O–H groups in total. The van der Waals surface area contributed by atoms with Crippen LogP contribution in [0.4, 0.5) is 0 Å². The highest BCUT2D eigenvalue weighted by Gasteiger charge is 2.19. The van der Waals surface area contributed by atoms with Crippen molar-refractivity contribution in [1.29, 1.82) is 5.26 Å². The molecule has 0 atom stereocenters. The minimum Gasteiger partial charge on any atom is -0.495 e. The highest BCUT2D eigenvalue weighted by molar-refractivity contribution is 5.45. The first kappa shape index (κ1) is 12.9. The van der Waals surface area contributed by atoms with Crippen LogP contribution < -0.4 is 4.74 Å². The van der Waals surface area contributed by atoms with Gasteiger partial charge in [0.1, 0.15) is 11.8 Å². The molecule has 0 aromatic heterocycles. The third kappa shape index (κ3) is 2.83. The molecule has 0 bridgehead atoms. The summed E-state index contributed by atoms with van der Waals surface area (Å²) in [7, 11) is 3.79. The van der Waals surface area contributed by atoms with E-state index in [1.165, 1.54) is 31.2 Å². The van der Waals surface area contributed by atoms with Crippen LogP contribution in [-0.2, 0) is 6.54 Å². The number of nitrogens with zero attached hydrogens (tertiary/aromatic N) is 2. The molecule has 0 radical (unpaired) electrons. The molecular weight excluding hydrogens is 224 g/mol. The van der Waals surface area contributed by atoms with Crippen molar-refractivity contribution < 1.29 is 4.74 Å². The van der Waals surface area contributed by atoms with Gasteiger partial charge in [-0.1, -0.05) is 18.9 Å². The van der Waals surface area contributed by atoms with Gasteiger partial charge in [-0.2, -0.15) is 5.26 Å². The van der Waals surface area contributed by atoms with Crippen LogP contribution in [0.15, 0.2) is 18.2 Å². The van der Waals surface area contributed by atoms with E-state index in [4.69, 9.17) is 10.00 Å². The lowest BCUT2D eigenvalue weighted by molar-refractivity contribution is 0.237. The summed E-state index contributed by atoms with van der Waals surface area (Å²) in [5, 5.41) is 8.95. The highest BCUT2D eigenvalue weighted by atomic mass is 16.5. The third-order valence-electron chi connectivity index (χ3n) is 3.77. The summed E-state index contributed by atoms with van der Waals surface area (Å²) in [6.45, 7) is 0.923. The SMILES string of the molecule is COc1cc(CN(C)C2CCCC2)ccc1C#N. The number of nitriles is 1. The molecule has 1 saturated carbocycles. The van der Waals surface area contributed by atoms with Gasteiger partial charge in [0, 0.05) is 12.6 Å². The lowest BCUT2D eigenvalue weighted by Crippen LogP contribution is -2.28. The van der Waals surface area contributed by atoms with Gasteiger partial charge in [-0.15, -0.1) is 0 Å². The molecule has 0 saturated heterocycles. The molecule has 1 aromatic carbocycles. The maximum atomic E-state index is 8.95. The zero-order chi connectivity index (χ0) is 13.0. The molecular formula is C15H20N2O. The van der Waals surface area contributed by atoms with Crippen LogP contribution in [0.25, 0.3) is 0 Å². The van der Waals surface area contributed by atoms with Crippen LogP contribution in [0.3, 0.4) is 0 Å². The molecule has 0 amide bonds. The lowest BCUT2D eigenvalue weighted by atomic mass is 10.1. The van der Waals surface area contributed by atoms with E-state index in [0.717, 1.165) is 6.54 Å². The molecule has 3 nitrogen and oxygen atoms in total. The van der Waals surface area contributed by atoms with Crippen molar-refractivity contribution in [2.24, 2.45) is 0 Å². The van der Waals surface area contributed by atoms with Gasteiger partial charge in [0.25, 0.3) is 0 Å². The normalized spacial score (nSPS) is 15.9. The summed E-state index contributed by atoms with van der Waals surface area (Å²) in [5.41, 5.74) is 1.81. The third-order valence-corrected chi connectivity index (χ3v) is 3.77. The van der Waals surface area contributed by atoms with Crippen molar-refractivity contribution in [3.8, 4) is 11.8 Å². The molecule has 0 unspecified atom stereocenters. The van der Waals surface area contributed by atoms with Crippen molar-refractivity contribution in [3.63, 3.8) is 0 Å². The minimum atomic E-state index is 0.602. The first-order valence-corrected chi connectivity index (χ1v) is 6.52. The van der Waals surface area contributed by atoms with Crippen molar-refractivity contribution >= 4 is 0 Å². The summed E-state index contributed by atoms with van der Waals surface area (Å²) in [5.74, 6) is 0.676. The summed E-state index contributed by atoms with van der Waals surface area (Å²) < 4.78 is 5.24. The van der Waals surface area contributed by atoms with Crippen LogP contribution in [0.5, 0.6) is 5.75 Å². The zero-order valence-electron chi connectivity index (χ0n) is 11.1. The van der Waals surface area contributed by atoms with E-state index in [-0.39, 0.29) is 0 Å². The number of methoxy groups -OCH3 is 1. The van der Waals surface area contributed by atoms with Crippen molar-refractivity contribution in [3.05, 3.63) is 29.3 Å². The Labute approximate surface area is 109 Å². The molecule has 1 aliphatic carbocycles. The molecule has 1 aliphatic rings. The second-order valence-corrected chi connectivity index (χ2v) is 5.00. The monoisotopic (exact) mass is 244 g/mol. The van der Waals surface area contributed by atoms with Crippen molar-refractivity contribution in [2.75, 3.05) is 14.2 Å². The molecule has 18 heavy (non-hydrogen) atoms. The molecule has 3 heteroatoms. The first-order chi connectivity index (χ1) is 8.74. The molecule has 0 spiro atoms. The average molecular weight is 244 g/mol. The van der Waals surface area contributed by atoms with Crippen LogP contribution >= 0.6 is 0 Å². The van der Waals surface area contributed by atoms with Crippen molar-refractivity contribution in [1.82, 2.24) is 4.90 Å². The van der Waals surface area contributed by atoms with Gasteiger partial charge in [-0.25, -0.2) is 0 Å². The van der Waals surface area contributed by atoms with Crippen LogP contribution in [0.2, 0.25) is 0 Å². The quantitative estimate of drug-likeness (QED) is 0.817. The summed E-state index contributed by atoms with van der Waals surface area (Å²) in [4.78, 5) is 2.41. The summed E-state index contributed by atoms with van der Waals surface area (Å²) in [6.07, 6.45) is 5.32. The number of hydrogen-bond acceptors (Lipinski definition) is 3. The Morgan fingerprint density at radius 1 is 1.39 bits per heavy atom. The maximum absolute atomic E-state index is 8.95. The topological polar surface area (TPSA) is 36.3 Å². The van der Waals surface area contributed by atoms with E-state index in [2.05, 4.69) is 18.0 Å². The van der Waals surface area contributed by atoms with E-state index < -0.39 is 0 Å². The van der Waals surface area contributed by atoms with E-state index in [9.17, 15) is 0 Å². The summed E-state index contributed by atoms with van der Waals surface area (Å²) in [6, 6.07) is 8.70. The highest BCUT2D eigenvalue weighted by Crippen LogP contribution is 2.25. The second kappa shape index (κ2) is 5.88. The van der Waals surface area contributed by atoms with E-state index in [1.54, 1.807) is 7.11 Å². The van der Waals surface area contributed by atoms with Gasteiger partial charge in [-0.3, -0.25) is 4.90 Å². The molecule has 1 aromatic rings. The van der Waals surface area contributed by atoms with Crippen molar-refractivity contribution in [2.45, 2.75) is 38.3 Å². The Morgan fingerprint density at radius 3 is 2.72 bits per heavy atom. The fourth-order valence-electron chi connectivity index (χ4n) is 2.69. The maximum Gasteiger partial charge on any atom is 0.136 e. The Balaban J connectivity index is 2.07. The zero-order valence-corrected chi connectivity index (χ0v) is 11.1. The Kier molecular flexibility index (Phi) is 4.22. The molecule has 0 heterocycles. The number of benzene rings is 1. The predicted octanol–water partition coefficient (Wildman–Crippen LogP) is 2.94. The van der Waals surface area contributed by atoms with Crippen LogP contribution in [0, 0.1) is 11.3 Å². The Hall–Kier alpha value is -1.53. The predicted molar refractivity (Wildman–Crippen MR) is 71.4 cm³/mol. The number of hydrogen-bond donors (Lipinski definition) is 0. The van der Waals surface area contributed by atoms with Gasteiger partial charge in [0.2, 0.25) is 0 Å². The van der Waals surface area contributed by atoms with Gasteiger partial charge >= 0.3 is 0 Å². The average Bonchev–Trinajstić information content (AvgIpc) is 2.92. The standard InChI is InChI=1S/C15H20N2O/c1-17(14-5-3-4-6-14)11-12-7-8-13(10-16)15(9-12)18-2/h7-9,14H,3-6,11H2,1-2H3. The minimum absolute atomic E-state index is 0.602. The van der Waals surface area contributed by atoms with Gasteiger partial charge in [-0.05, 0) is 37.6 Å². The van der Waals surface area contributed by atoms with E-state index in [1.807, 2.05) is 18.2 Å². The van der Waals surface area contributed by atoms with Crippen LogP contribution in [-0.4, -0.2) is 25.1 Å². The fraction of sp³-hybridized carbons (Fsp3) is 0.533. The molecule has 0 aliphatic heterocycles. The Bertz CT molecular complexity index is 444. The van der Waals surface area contributed by atoms with Crippen LogP contribution in [0.1, 0.15) is 36.8 Å². The van der Waals surface area contributed by atoms with E-state index in [0.29, 0.717) is 17.4 Å². The molecule has 1 fully saturated rings.